The molecule has 3 aliphatic heterocycles. The van der Waals surface area contributed by atoms with Crippen LogP contribution in [0, 0.1) is 34.5 Å². The molecule has 0 bridgehead atoms. The van der Waals surface area contributed by atoms with Gasteiger partial charge in [-0.15, -0.1) is 0 Å². The minimum atomic E-state index is -1.67. The SMILES string of the molecule is C[C@@H]1O[C@@H](O[C@H]2CC[C@@]3(C)C(CC[C@@H]4[C@@H]3CC[C@]3(C)[C@@H](C5=CC(=O)OC5)C(O)C[C@]43O)C2)[C@H](O)[C@H](O)[C@H]1O[C@@H]1O[C@H](CO)[C@@H](O)[C@H](O)[C@H]1O. The Kier molecular flexibility index (Phi) is 9.57. The summed E-state index contributed by atoms with van der Waals surface area (Å²) in [5.74, 6) is -0.134. The Morgan fingerprint density at radius 2 is 1.57 bits per heavy atom. The van der Waals surface area contributed by atoms with Crippen molar-refractivity contribution in [1.82, 2.24) is 0 Å². The summed E-state index contributed by atoms with van der Waals surface area (Å²) in [4.78, 5) is 11.9. The number of rotatable bonds is 6. The number of cyclic esters (lactones) is 1. The van der Waals surface area contributed by atoms with E-state index in [0.717, 1.165) is 44.1 Å². The fraction of sp³-hybridized carbons (Fsp3) is 0.914. The molecule has 6 fully saturated rings. The molecule has 4 saturated carbocycles. The number of carbonyl (C=O) groups excluding carboxylic acids is 1. The first-order chi connectivity index (χ1) is 23.1. The van der Waals surface area contributed by atoms with Gasteiger partial charge in [-0.25, -0.2) is 4.79 Å². The lowest BCUT2D eigenvalue weighted by atomic mass is 9.43. The highest BCUT2D eigenvalue weighted by Crippen LogP contribution is 2.70. The molecule has 49 heavy (non-hydrogen) atoms. The molecule has 8 N–H and O–H groups in total. The maximum atomic E-state index is 12.5. The normalized spacial score (nSPS) is 56.0. The monoisotopic (exact) mass is 698 g/mol. The molecule has 19 atom stereocenters. The molecule has 2 saturated heterocycles. The Morgan fingerprint density at radius 3 is 2.27 bits per heavy atom. The van der Waals surface area contributed by atoms with Crippen molar-refractivity contribution in [1.29, 1.82) is 0 Å². The summed E-state index contributed by atoms with van der Waals surface area (Å²) in [6.45, 7) is 5.57. The van der Waals surface area contributed by atoms with Gasteiger partial charge in [0.1, 0.15) is 49.3 Å². The van der Waals surface area contributed by atoms with Crippen LogP contribution in [0.3, 0.4) is 0 Å². The molecule has 0 aromatic rings. The van der Waals surface area contributed by atoms with E-state index >= 15 is 0 Å². The van der Waals surface area contributed by atoms with Crippen LogP contribution in [0.15, 0.2) is 11.6 Å². The van der Waals surface area contributed by atoms with Crippen molar-refractivity contribution in [3.8, 4) is 0 Å². The molecule has 7 rings (SSSR count). The molecule has 0 aromatic heterocycles. The topological polar surface area (TPSA) is 225 Å². The zero-order valence-corrected chi connectivity index (χ0v) is 28.4. The van der Waals surface area contributed by atoms with Crippen molar-refractivity contribution in [3.05, 3.63) is 11.6 Å². The fourth-order valence-electron chi connectivity index (χ4n) is 11.4. The van der Waals surface area contributed by atoms with E-state index in [1.807, 2.05) is 0 Å². The summed E-state index contributed by atoms with van der Waals surface area (Å²) in [6.07, 6.45) is -7.24. The van der Waals surface area contributed by atoms with Crippen molar-refractivity contribution in [2.24, 2.45) is 34.5 Å². The average molecular weight is 699 g/mol. The van der Waals surface area contributed by atoms with Gasteiger partial charge in [-0.3, -0.25) is 0 Å². The summed E-state index contributed by atoms with van der Waals surface area (Å²) in [5.41, 5.74) is -0.899. The Balaban J connectivity index is 0.987. The molecule has 0 aromatic carbocycles. The number of aliphatic hydroxyl groups is 8. The van der Waals surface area contributed by atoms with E-state index in [4.69, 9.17) is 23.7 Å². The number of esters is 1. The quantitative estimate of drug-likeness (QED) is 0.126. The minimum Gasteiger partial charge on any atom is -0.458 e. The van der Waals surface area contributed by atoms with Gasteiger partial charge in [0, 0.05) is 23.8 Å². The molecule has 4 aliphatic carbocycles. The maximum absolute atomic E-state index is 12.5. The summed E-state index contributed by atoms with van der Waals surface area (Å²) in [5, 5.41) is 86.0. The van der Waals surface area contributed by atoms with Crippen LogP contribution in [-0.2, 0) is 28.5 Å². The molecular formula is C35H54O14. The smallest absolute Gasteiger partial charge is 0.331 e. The Morgan fingerprint density at radius 1 is 0.857 bits per heavy atom. The van der Waals surface area contributed by atoms with Crippen LogP contribution in [0.5, 0.6) is 0 Å². The van der Waals surface area contributed by atoms with Gasteiger partial charge in [-0.2, -0.15) is 0 Å². The van der Waals surface area contributed by atoms with Crippen LogP contribution in [0.2, 0.25) is 0 Å². The second kappa shape index (κ2) is 13.0. The lowest BCUT2D eigenvalue weighted by Gasteiger charge is -2.63. The number of ether oxygens (including phenoxy) is 5. The Bertz CT molecular complexity index is 1280. The predicted molar refractivity (Wildman–Crippen MR) is 167 cm³/mol. The first kappa shape index (κ1) is 36.1. The van der Waals surface area contributed by atoms with Gasteiger partial charge in [0.15, 0.2) is 12.6 Å². The molecule has 0 amide bonds. The molecule has 14 heteroatoms. The third-order valence-electron chi connectivity index (χ3n) is 14.1. The van der Waals surface area contributed by atoms with E-state index in [0.29, 0.717) is 12.3 Å². The van der Waals surface area contributed by atoms with E-state index in [-0.39, 0.29) is 42.3 Å². The second-order valence-corrected chi connectivity index (χ2v) is 16.5. The molecule has 2 unspecified atom stereocenters. The van der Waals surface area contributed by atoms with Crippen molar-refractivity contribution in [3.63, 3.8) is 0 Å². The van der Waals surface area contributed by atoms with E-state index < -0.39 is 91.1 Å². The zero-order valence-electron chi connectivity index (χ0n) is 28.4. The number of aliphatic hydroxyl groups excluding tert-OH is 7. The third-order valence-corrected chi connectivity index (χ3v) is 14.1. The number of fused-ring (bicyclic) bond motifs is 5. The van der Waals surface area contributed by atoms with Crippen molar-refractivity contribution >= 4 is 5.97 Å². The average Bonchev–Trinajstić information content (AvgIpc) is 3.57. The highest BCUT2D eigenvalue weighted by atomic mass is 16.7. The van der Waals surface area contributed by atoms with Crippen molar-refractivity contribution < 1.29 is 69.3 Å². The van der Waals surface area contributed by atoms with Crippen LogP contribution >= 0.6 is 0 Å². The molecule has 278 valence electrons. The molecule has 7 aliphatic rings. The van der Waals surface area contributed by atoms with Gasteiger partial charge in [-0.05, 0) is 80.6 Å². The van der Waals surface area contributed by atoms with E-state index in [2.05, 4.69) is 13.8 Å². The van der Waals surface area contributed by atoms with E-state index in [1.54, 1.807) is 6.92 Å². The summed E-state index contributed by atoms with van der Waals surface area (Å²) < 4.78 is 28.7. The van der Waals surface area contributed by atoms with Crippen molar-refractivity contribution in [2.45, 2.75) is 151 Å². The Labute approximate surface area is 285 Å². The summed E-state index contributed by atoms with van der Waals surface area (Å²) in [6, 6.07) is 0. The minimum absolute atomic E-state index is 0.0170. The third kappa shape index (κ3) is 5.64. The predicted octanol–water partition coefficient (Wildman–Crippen LogP) is -0.749. The molecular weight excluding hydrogens is 644 g/mol. The number of carbonyl (C=O) groups is 1. The fourth-order valence-corrected chi connectivity index (χ4v) is 11.4. The lowest BCUT2D eigenvalue weighted by molar-refractivity contribution is -0.360. The molecule has 3 heterocycles. The van der Waals surface area contributed by atoms with Crippen LogP contribution in [0.4, 0.5) is 0 Å². The molecule has 0 radical (unpaired) electrons. The standard InChI is InChI=1S/C35H54O14/c1-15-30(49-32-28(42)26(40)25(39)22(13-36)48-32)27(41)29(43)31(46-15)47-18-6-8-33(2)17(11-18)4-5-20-19(33)7-9-34(3)24(16-10-23(38)45-14-16)21(37)12-35(20,34)44/h10,15,17-22,24-32,36-37,39-44H,4-9,11-14H2,1-3H3/t15-,17?,18-,19-,20+,21?,22+,24-,25+,26-,27-,28+,29+,30-,31-,32-,33-,34+,35-/m0/s1. The van der Waals surface area contributed by atoms with Gasteiger partial charge < -0.3 is 64.5 Å². The molecule has 0 spiro atoms. The highest BCUT2D eigenvalue weighted by Gasteiger charge is 2.70. The Hall–Kier alpha value is -1.27. The largest absolute Gasteiger partial charge is 0.458 e. The first-order valence-electron chi connectivity index (χ1n) is 18.0. The number of hydrogen-bond acceptors (Lipinski definition) is 14. The van der Waals surface area contributed by atoms with Gasteiger partial charge in [0.05, 0.1) is 30.5 Å². The zero-order chi connectivity index (χ0) is 35.2. The summed E-state index contributed by atoms with van der Waals surface area (Å²) >= 11 is 0. The highest BCUT2D eigenvalue weighted by molar-refractivity contribution is 5.85. The van der Waals surface area contributed by atoms with Crippen LogP contribution in [-0.4, -0.2) is 139 Å². The molecule has 14 nitrogen and oxygen atoms in total. The van der Waals surface area contributed by atoms with Crippen LogP contribution in [0.1, 0.15) is 72.1 Å². The van der Waals surface area contributed by atoms with E-state index in [1.165, 1.54) is 6.08 Å². The summed E-state index contributed by atoms with van der Waals surface area (Å²) in [7, 11) is 0. The number of hydrogen-bond donors (Lipinski definition) is 8. The van der Waals surface area contributed by atoms with E-state index in [9.17, 15) is 45.6 Å². The van der Waals surface area contributed by atoms with Crippen LogP contribution < -0.4 is 0 Å². The second-order valence-electron chi connectivity index (χ2n) is 16.5. The lowest BCUT2D eigenvalue weighted by Crippen LogP contribution is -2.64. The maximum Gasteiger partial charge on any atom is 0.331 e. The van der Waals surface area contributed by atoms with Gasteiger partial charge >= 0.3 is 5.97 Å². The van der Waals surface area contributed by atoms with Gasteiger partial charge in [0.2, 0.25) is 0 Å². The van der Waals surface area contributed by atoms with Crippen LogP contribution in [0.25, 0.3) is 0 Å². The van der Waals surface area contributed by atoms with Gasteiger partial charge in [-0.1, -0.05) is 13.8 Å². The van der Waals surface area contributed by atoms with Gasteiger partial charge in [0.25, 0.3) is 0 Å². The first-order valence-corrected chi connectivity index (χ1v) is 18.0. The van der Waals surface area contributed by atoms with Crippen molar-refractivity contribution in [2.75, 3.05) is 13.2 Å².